The van der Waals surface area contributed by atoms with Crippen LogP contribution in [0.5, 0.6) is 0 Å². The molecule has 2 amide bonds. The Kier molecular flexibility index (Phi) is 11.6. The lowest BCUT2D eigenvalue weighted by Gasteiger charge is -2.39. The number of piperidine rings is 1. The second-order valence-electron chi connectivity index (χ2n) is 17.4. The van der Waals surface area contributed by atoms with Crippen LogP contribution in [0.25, 0.3) is 44.1 Å². The number of benzene rings is 4. The fourth-order valence-corrected chi connectivity index (χ4v) is 9.42. The standard InChI is InChI=1S/C52H43F2N11O4/c53-36-9-10-45-41(21-36)48(44(27-57-45)50(69)62-39-25-60-65(29-39)18-20-67)63-15-13-52(31-56,14-16-63)35-5-1-32(2-6-35)40-22-37(54)23-42-46(33-3-7-34(8-4-33)51(30-55)11-12-51)43(26-58-47(40)42)49(68)61-38-24-59-64(28-38)17-19-66/h1-10,21-29,66-67H,11-20H2,(H,61,68)(H,62,69). The molecule has 344 valence electrons. The lowest BCUT2D eigenvalue weighted by Crippen LogP contribution is -2.42. The first-order valence-electron chi connectivity index (χ1n) is 22.4. The maximum Gasteiger partial charge on any atom is 0.259 e. The van der Waals surface area contributed by atoms with E-state index in [4.69, 9.17) is 4.98 Å². The van der Waals surface area contributed by atoms with E-state index in [1.54, 1.807) is 18.5 Å². The number of nitriles is 2. The minimum absolute atomic E-state index is 0.124. The molecule has 15 nitrogen and oxygen atoms in total. The Hall–Kier alpha value is -8.38. The predicted octanol–water partition coefficient (Wildman–Crippen LogP) is 7.89. The molecule has 2 aliphatic rings. The van der Waals surface area contributed by atoms with Gasteiger partial charge in [-0.25, -0.2) is 8.78 Å². The van der Waals surface area contributed by atoms with E-state index in [9.17, 15) is 34.7 Å². The smallest absolute Gasteiger partial charge is 0.259 e. The van der Waals surface area contributed by atoms with Crippen LogP contribution in [0.3, 0.4) is 0 Å². The van der Waals surface area contributed by atoms with Crippen molar-refractivity contribution >= 4 is 50.7 Å². The second kappa shape index (κ2) is 18.0. The van der Waals surface area contributed by atoms with Gasteiger partial charge in [0.05, 0.1) is 101 Å². The van der Waals surface area contributed by atoms with Gasteiger partial charge in [-0.05, 0) is 78.3 Å². The number of anilines is 3. The molecule has 0 bridgehead atoms. The van der Waals surface area contributed by atoms with E-state index in [0.717, 1.165) is 24.0 Å². The molecule has 0 radical (unpaired) electrons. The Labute approximate surface area is 393 Å². The monoisotopic (exact) mass is 923 g/mol. The van der Waals surface area contributed by atoms with Crippen molar-refractivity contribution in [1.29, 1.82) is 10.5 Å². The number of aromatic nitrogens is 6. The fourth-order valence-electron chi connectivity index (χ4n) is 9.42. The van der Waals surface area contributed by atoms with Crippen LogP contribution in [-0.2, 0) is 23.9 Å². The van der Waals surface area contributed by atoms with Crippen LogP contribution in [0, 0.1) is 34.3 Å². The quantitative estimate of drug-likeness (QED) is 0.0873. The summed E-state index contributed by atoms with van der Waals surface area (Å²) < 4.78 is 33.8. The summed E-state index contributed by atoms with van der Waals surface area (Å²) in [5.74, 6) is -2.02. The number of aliphatic hydroxyl groups excluding tert-OH is 2. The zero-order valence-corrected chi connectivity index (χ0v) is 37.0. The molecular formula is C52H43F2N11O4. The van der Waals surface area contributed by atoms with E-state index in [2.05, 4.69) is 38.0 Å². The Morgan fingerprint density at radius 1 is 0.652 bits per heavy atom. The fraction of sp³-hybridized carbons (Fsp3) is 0.231. The minimum Gasteiger partial charge on any atom is -0.394 e. The molecule has 1 saturated carbocycles. The van der Waals surface area contributed by atoms with Crippen LogP contribution < -0.4 is 15.5 Å². The Balaban J connectivity index is 0.962. The third kappa shape index (κ3) is 8.39. The highest BCUT2D eigenvalue weighted by molar-refractivity contribution is 6.15. The van der Waals surface area contributed by atoms with Crippen molar-refractivity contribution in [1.82, 2.24) is 29.5 Å². The number of amides is 2. The van der Waals surface area contributed by atoms with Gasteiger partial charge in [-0.2, -0.15) is 20.7 Å². The van der Waals surface area contributed by atoms with Gasteiger partial charge >= 0.3 is 0 Å². The zero-order chi connectivity index (χ0) is 47.9. The first kappa shape index (κ1) is 44.5. The lowest BCUT2D eigenvalue weighted by molar-refractivity contribution is 0.101. The third-order valence-corrected chi connectivity index (χ3v) is 13.3. The summed E-state index contributed by atoms with van der Waals surface area (Å²) in [6.45, 7) is 0.936. The molecule has 4 aromatic carbocycles. The van der Waals surface area contributed by atoms with E-state index in [1.807, 2.05) is 53.4 Å². The van der Waals surface area contributed by atoms with Gasteiger partial charge in [0.1, 0.15) is 11.6 Å². The number of hydrogen-bond donors (Lipinski definition) is 4. The molecule has 69 heavy (non-hydrogen) atoms. The molecular weight excluding hydrogens is 881 g/mol. The van der Waals surface area contributed by atoms with Crippen LogP contribution in [0.1, 0.15) is 57.5 Å². The van der Waals surface area contributed by atoms with Gasteiger partial charge in [-0.1, -0.05) is 48.5 Å². The lowest BCUT2D eigenvalue weighted by atomic mass is 9.73. The SMILES string of the molecule is N#CC1(c2ccc(-c3cc(F)cc4c(-c5ccc(C6(C#N)CC6)cc5)c(C(=O)Nc5cnn(CCO)c5)cnc34)cc2)CCN(c2c(C(=O)Nc3cnn(CCO)c3)cnc3ccc(F)cc23)CC1. The molecule has 1 saturated heterocycles. The van der Waals surface area contributed by atoms with E-state index in [0.29, 0.717) is 87.1 Å². The van der Waals surface area contributed by atoms with Crippen LogP contribution >= 0.6 is 0 Å². The molecule has 17 heteroatoms. The highest BCUT2D eigenvalue weighted by Crippen LogP contribution is 2.48. The molecule has 8 aromatic rings. The number of nitrogens with zero attached hydrogens (tertiary/aromatic N) is 9. The van der Waals surface area contributed by atoms with Gasteiger partial charge in [0.15, 0.2) is 0 Å². The maximum absolute atomic E-state index is 16.0. The van der Waals surface area contributed by atoms with E-state index < -0.39 is 34.3 Å². The summed E-state index contributed by atoms with van der Waals surface area (Å²) in [7, 11) is 0. The number of carbonyl (C=O) groups excluding carboxylic acids is 2. The molecule has 2 fully saturated rings. The van der Waals surface area contributed by atoms with Crippen molar-refractivity contribution in [2.75, 3.05) is 41.8 Å². The molecule has 4 aromatic heterocycles. The van der Waals surface area contributed by atoms with E-state index in [1.165, 1.54) is 58.4 Å². The second-order valence-corrected chi connectivity index (χ2v) is 17.4. The van der Waals surface area contributed by atoms with Gasteiger partial charge in [0.2, 0.25) is 0 Å². The summed E-state index contributed by atoms with van der Waals surface area (Å²) in [5, 5.41) is 54.3. The first-order chi connectivity index (χ1) is 33.5. The van der Waals surface area contributed by atoms with Gasteiger partial charge in [0, 0.05) is 59.8 Å². The third-order valence-electron chi connectivity index (χ3n) is 13.3. The maximum atomic E-state index is 16.0. The van der Waals surface area contributed by atoms with Crippen molar-refractivity contribution < 1.29 is 28.6 Å². The van der Waals surface area contributed by atoms with Crippen molar-refractivity contribution in [2.45, 2.75) is 49.6 Å². The number of fused-ring (bicyclic) bond motifs is 2. The molecule has 5 heterocycles. The highest BCUT2D eigenvalue weighted by Gasteiger charge is 2.45. The van der Waals surface area contributed by atoms with Crippen molar-refractivity contribution in [3.63, 3.8) is 0 Å². The van der Waals surface area contributed by atoms with Gasteiger partial charge in [-0.15, -0.1) is 0 Å². The van der Waals surface area contributed by atoms with Crippen LogP contribution in [0.4, 0.5) is 25.8 Å². The Morgan fingerprint density at radius 2 is 1.20 bits per heavy atom. The van der Waals surface area contributed by atoms with Gasteiger partial charge in [0.25, 0.3) is 11.8 Å². The Bertz CT molecular complexity index is 3380. The number of halogens is 2. The molecule has 1 aliphatic heterocycles. The van der Waals surface area contributed by atoms with E-state index >= 15 is 4.39 Å². The minimum atomic E-state index is -0.935. The van der Waals surface area contributed by atoms with Crippen molar-refractivity contribution in [2.24, 2.45) is 0 Å². The van der Waals surface area contributed by atoms with Crippen molar-refractivity contribution in [3.05, 3.63) is 150 Å². The van der Waals surface area contributed by atoms with Crippen LogP contribution in [0.2, 0.25) is 0 Å². The number of nitrogens with one attached hydrogen (secondary N) is 2. The number of hydrogen-bond acceptors (Lipinski definition) is 11. The largest absolute Gasteiger partial charge is 0.394 e. The number of aliphatic hydroxyl groups is 2. The molecule has 0 unspecified atom stereocenters. The van der Waals surface area contributed by atoms with Gasteiger partial charge in [-0.3, -0.25) is 28.9 Å². The molecule has 0 atom stereocenters. The predicted molar refractivity (Wildman–Crippen MR) is 254 cm³/mol. The summed E-state index contributed by atoms with van der Waals surface area (Å²) in [5.41, 5.74) is 4.96. The average molecular weight is 924 g/mol. The number of carbonyl (C=O) groups is 2. The highest BCUT2D eigenvalue weighted by atomic mass is 19.1. The molecule has 4 N–H and O–H groups in total. The van der Waals surface area contributed by atoms with Crippen LogP contribution in [-0.4, -0.2) is 77.9 Å². The van der Waals surface area contributed by atoms with Gasteiger partial charge < -0.3 is 25.7 Å². The average Bonchev–Trinajstić information content (AvgIpc) is 3.85. The Morgan fingerprint density at radius 3 is 1.78 bits per heavy atom. The normalized spacial score (nSPS) is 14.8. The molecule has 10 rings (SSSR count). The topological polar surface area (TPSA) is 211 Å². The molecule has 0 spiro atoms. The molecule has 1 aliphatic carbocycles. The zero-order valence-electron chi connectivity index (χ0n) is 37.0. The number of rotatable bonds is 13. The van der Waals surface area contributed by atoms with Crippen LogP contribution in [0.15, 0.2) is 116 Å². The first-order valence-corrected chi connectivity index (χ1v) is 22.4. The summed E-state index contributed by atoms with van der Waals surface area (Å²) >= 11 is 0. The summed E-state index contributed by atoms with van der Waals surface area (Å²) in [6, 6.07) is 26.8. The van der Waals surface area contributed by atoms with E-state index in [-0.39, 0.29) is 37.4 Å². The summed E-state index contributed by atoms with van der Waals surface area (Å²) in [4.78, 5) is 39.1. The summed E-state index contributed by atoms with van der Waals surface area (Å²) in [6.07, 6.45) is 11.3. The number of pyridine rings is 2. The van der Waals surface area contributed by atoms with Crippen molar-refractivity contribution in [3.8, 4) is 34.4 Å².